The Balaban J connectivity index is 1.42. The second-order valence-corrected chi connectivity index (χ2v) is 6.69. The van der Waals surface area contributed by atoms with E-state index in [1.54, 1.807) is 35.9 Å². The van der Waals surface area contributed by atoms with E-state index in [-0.39, 0.29) is 11.8 Å². The molecule has 1 aromatic carbocycles. The smallest absolute Gasteiger partial charge is 0.261 e. The summed E-state index contributed by atoms with van der Waals surface area (Å²) >= 11 is 1.45. The van der Waals surface area contributed by atoms with E-state index in [9.17, 15) is 9.59 Å². The molecule has 0 unspecified atom stereocenters. The van der Waals surface area contributed by atoms with Crippen LogP contribution in [0.4, 0.5) is 0 Å². The van der Waals surface area contributed by atoms with Crippen LogP contribution in [0.3, 0.4) is 0 Å². The quantitative estimate of drug-likeness (QED) is 0.622. The van der Waals surface area contributed by atoms with E-state index < -0.39 is 0 Å². The Bertz CT molecular complexity index is 929. The molecule has 1 aliphatic heterocycles. The molecule has 1 aliphatic rings. The lowest BCUT2D eigenvalue weighted by Gasteiger charge is -2.12. The number of hydrogen-bond acceptors (Lipinski definition) is 7. The number of rotatable bonds is 6. The summed E-state index contributed by atoms with van der Waals surface area (Å²) < 4.78 is 6.74. The van der Waals surface area contributed by atoms with Crippen LogP contribution in [0.25, 0.3) is 4.96 Å². The normalized spacial score (nSPS) is 13.9. The van der Waals surface area contributed by atoms with Crippen LogP contribution >= 0.6 is 11.3 Å². The molecular weight excluding hydrogens is 342 g/mol. The van der Waals surface area contributed by atoms with Crippen LogP contribution in [0.5, 0.6) is 0 Å². The van der Waals surface area contributed by atoms with Crippen molar-refractivity contribution >= 4 is 28.1 Å². The molecule has 0 atom stereocenters. The molecule has 2 amide bonds. The minimum atomic E-state index is -0.221. The summed E-state index contributed by atoms with van der Waals surface area (Å²) in [6.07, 6.45) is 1.31. The number of hydrogen-bond donors (Lipinski definition) is 0. The number of carbonyl (C=O) groups excluding carboxylic acids is 2. The predicted molar refractivity (Wildman–Crippen MR) is 89.5 cm³/mol. The fourth-order valence-corrected chi connectivity index (χ4v) is 3.74. The summed E-state index contributed by atoms with van der Waals surface area (Å²) in [7, 11) is 1.59. The van der Waals surface area contributed by atoms with Crippen LogP contribution in [0, 0.1) is 0 Å². The Morgan fingerprint density at radius 3 is 2.52 bits per heavy atom. The molecule has 0 saturated carbocycles. The van der Waals surface area contributed by atoms with Gasteiger partial charge in [-0.15, -0.1) is 10.2 Å². The molecule has 0 fully saturated rings. The standard InChI is InChI=1S/C16H15N5O3S/c1-24-9-12-17-18-16-21(12)19-13(25-16)7-4-8-20-14(22)10-5-2-3-6-11(10)15(20)23/h2-3,5-6H,4,7-9H2,1H3. The highest BCUT2D eigenvalue weighted by atomic mass is 32.1. The molecule has 0 N–H and O–H groups in total. The van der Waals surface area contributed by atoms with E-state index in [4.69, 9.17) is 4.74 Å². The highest BCUT2D eigenvalue weighted by molar-refractivity contribution is 7.16. The third-order valence-corrected chi connectivity index (χ3v) is 4.98. The number of fused-ring (bicyclic) bond motifs is 2. The Hall–Kier alpha value is -2.65. The number of methoxy groups -OCH3 is 1. The number of ether oxygens (including phenoxy) is 1. The summed E-state index contributed by atoms with van der Waals surface area (Å²) in [5.74, 6) is 0.211. The Kier molecular flexibility index (Phi) is 4.02. The Morgan fingerprint density at radius 1 is 1.12 bits per heavy atom. The summed E-state index contributed by atoms with van der Waals surface area (Å²) in [5.41, 5.74) is 0.964. The summed E-state index contributed by atoms with van der Waals surface area (Å²) in [4.78, 5) is 26.7. The fraction of sp³-hybridized carbons (Fsp3) is 0.312. The van der Waals surface area contributed by atoms with Gasteiger partial charge in [0.2, 0.25) is 4.96 Å². The highest BCUT2D eigenvalue weighted by Gasteiger charge is 2.34. The lowest BCUT2D eigenvalue weighted by Crippen LogP contribution is -2.30. The van der Waals surface area contributed by atoms with Gasteiger partial charge in [0.15, 0.2) is 5.82 Å². The summed E-state index contributed by atoms with van der Waals surface area (Å²) in [6.45, 7) is 0.719. The second kappa shape index (κ2) is 6.34. The van der Waals surface area contributed by atoms with Crippen LogP contribution < -0.4 is 0 Å². The third-order valence-electron chi connectivity index (χ3n) is 4.02. The zero-order chi connectivity index (χ0) is 17.4. The van der Waals surface area contributed by atoms with E-state index in [2.05, 4.69) is 15.3 Å². The van der Waals surface area contributed by atoms with Crippen molar-refractivity contribution in [1.82, 2.24) is 24.7 Å². The minimum absolute atomic E-state index is 0.221. The van der Waals surface area contributed by atoms with Crippen LogP contribution in [-0.4, -0.2) is 50.2 Å². The van der Waals surface area contributed by atoms with Crippen molar-refractivity contribution in [1.29, 1.82) is 0 Å². The van der Waals surface area contributed by atoms with Gasteiger partial charge < -0.3 is 4.74 Å². The molecule has 0 aliphatic carbocycles. The van der Waals surface area contributed by atoms with Crippen molar-refractivity contribution in [3.8, 4) is 0 Å². The Morgan fingerprint density at radius 2 is 1.84 bits per heavy atom. The van der Waals surface area contributed by atoms with Gasteiger partial charge in [-0.3, -0.25) is 14.5 Å². The van der Waals surface area contributed by atoms with E-state index >= 15 is 0 Å². The van der Waals surface area contributed by atoms with Gasteiger partial charge in [0.05, 0.1) is 11.1 Å². The lowest BCUT2D eigenvalue weighted by molar-refractivity contribution is 0.0652. The van der Waals surface area contributed by atoms with Gasteiger partial charge in [-0.1, -0.05) is 23.5 Å². The topological polar surface area (TPSA) is 89.7 Å². The van der Waals surface area contributed by atoms with Crippen molar-refractivity contribution in [3.05, 3.63) is 46.2 Å². The molecule has 0 spiro atoms. The van der Waals surface area contributed by atoms with Gasteiger partial charge in [-0.2, -0.15) is 9.61 Å². The van der Waals surface area contributed by atoms with Gasteiger partial charge in [0.1, 0.15) is 11.6 Å². The van der Waals surface area contributed by atoms with Crippen molar-refractivity contribution in [3.63, 3.8) is 0 Å². The molecule has 128 valence electrons. The fourth-order valence-electron chi connectivity index (χ4n) is 2.85. The number of benzene rings is 1. The number of aryl methyl sites for hydroxylation is 1. The number of carbonyl (C=O) groups is 2. The van der Waals surface area contributed by atoms with Crippen molar-refractivity contribution in [2.45, 2.75) is 19.4 Å². The molecule has 4 rings (SSSR count). The molecule has 2 aromatic heterocycles. The first-order chi connectivity index (χ1) is 12.2. The molecule has 9 heteroatoms. The van der Waals surface area contributed by atoms with Gasteiger partial charge in [-0.25, -0.2) is 0 Å². The summed E-state index contributed by atoms with van der Waals surface area (Å²) in [5, 5.41) is 13.4. The van der Waals surface area contributed by atoms with Crippen LogP contribution in [-0.2, 0) is 17.8 Å². The zero-order valence-electron chi connectivity index (χ0n) is 13.5. The maximum Gasteiger partial charge on any atom is 0.261 e. The van der Waals surface area contributed by atoms with Crippen molar-refractivity contribution < 1.29 is 14.3 Å². The number of amides is 2. The molecule has 0 bridgehead atoms. The van der Waals surface area contributed by atoms with E-state index in [1.807, 2.05) is 0 Å². The van der Waals surface area contributed by atoms with E-state index in [0.29, 0.717) is 47.9 Å². The highest BCUT2D eigenvalue weighted by Crippen LogP contribution is 2.23. The first-order valence-corrected chi connectivity index (χ1v) is 8.65. The van der Waals surface area contributed by atoms with Crippen molar-refractivity contribution in [2.75, 3.05) is 13.7 Å². The SMILES string of the molecule is COCc1nnc2sc(CCCN3C(=O)c4ccccc4C3=O)nn12. The number of imide groups is 1. The second-order valence-electron chi connectivity index (χ2n) is 5.65. The molecule has 0 radical (unpaired) electrons. The molecule has 3 aromatic rings. The van der Waals surface area contributed by atoms with Gasteiger partial charge in [0.25, 0.3) is 11.8 Å². The molecule has 25 heavy (non-hydrogen) atoms. The molecular formula is C16H15N5O3S. The summed E-state index contributed by atoms with van der Waals surface area (Å²) in [6, 6.07) is 6.92. The zero-order valence-corrected chi connectivity index (χ0v) is 14.3. The average molecular weight is 357 g/mol. The van der Waals surface area contributed by atoms with E-state index in [0.717, 1.165) is 5.01 Å². The van der Waals surface area contributed by atoms with Crippen molar-refractivity contribution in [2.24, 2.45) is 0 Å². The molecule has 3 heterocycles. The first kappa shape index (κ1) is 15.9. The monoisotopic (exact) mass is 357 g/mol. The van der Waals surface area contributed by atoms with Gasteiger partial charge >= 0.3 is 0 Å². The largest absolute Gasteiger partial charge is 0.377 e. The van der Waals surface area contributed by atoms with Crippen LogP contribution in [0.15, 0.2) is 24.3 Å². The molecule has 8 nitrogen and oxygen atoms in total. The first-order valence-electron chi connectivity index (χ1n) is 7.83. The lowest BCUT2D eigenvalue weighted by atomic mass is 10.1. The van der Waals surface area contributed by atoms with Crippen LogP contribution in [0.2, 0.25) is 0 Å². The number of aromatic nitrogens is 4. The van der Waals surface area contributed by atoms with Gasteiger partial charge in [-0.05, 0) is 18.6 Å². The third kappa shape index (κ3) is 2.71. The maximum absolute atomic E-state index is 12.3. The number of nitrogens with zero attached hydrogens (tertiary/aromatic N) is 5. The average Bonchev–Trinajstić information content (AvgIpc) is 3.25. The minimum Gasteiger partial charge on any atom is -0.377 e. The van der Waals surface area contributed by atoms with Gasteiger partial charge in [0, 0.05) is 20.1 Å². The Labute approximate surface area is 147 Å². The predicted octanol–water partition coefficient (Wildman–Crippen LogP) is 1.56. The molecule has 0 saturated heterocycles. The van der Waals surface area contributed by atoms with Crippen LogP contribution in [0.1, 0.15) is 38.0 Å². The maximum atomic E-state index is 12.3. The van der Waals surface area contributed by atoms with E-state index in [1.165, 1.54) is 16.2 Å².